The predicted octanol–water partition coefficient (Wildman–Crippen LogP) is 1.84. The number of nitrogens with zero attached hydrogens (tertiary/aromatic N) is 1. The van der Waals surface area contributed by atoms with E-state index in [0.29, 0.717) is 6.42 Å². The lowest BCUT2D eigenvalue weighted by Crippen LogP contribution is -2.18. The van der Waals surface area contributed by atoms with Crippen LogP contribution in [0.15, 0.2) is 12.1 Å². The molecular weight excluding hydrogens is 230 g/mol. The van der Waals surface area contributed by atoms with Gasteiger partial charge in [-0.15, -0.1) is 0 Å². The van der Waals surface area contributed by atoms with E-state index in [1.165, 1.54) is 12.8 Å². The third-order valence-electron chi connectivity index (χ3n) is 3.41. The van der Waals surface area contributed by atoms with Crippen LogP contribution in [0.1, 0.15) is 18.4 Å². The molecule has 0 bridgehead atoms. The molecule has 1 saturated heterocycles. The number of hydrogen-bond acceptors (Lipinski definition) is 4. The zero-order valence-corrected chi connectivity index (χ0v) is 11.1. The maximum absolute atomic E-state index is 9.08. The number of aliphatic hydroxyl groups excluding tert-OH is 1. The van der Waals surface area contributed by atoms with Crippen LogP contribution in [0.3, 0.4) is 0 Å². The van der Waals surface area contributed by atoms with Gasteiger partial charge in [-0.1, -0.05) is 0 Å². The van der Waals surface area contributed by atoms with E-state index in [1.807, 2.05) is 12.1 Å². The molecule has 4 nitrogen and oxygen atoms in total. The summed E-state index contributed by atoms with van der Waals surface area (Å²) in [6.07, 6.45) is 3.04. The largest absolute Gasteiger partial charge is 0.496 e. The first-order valence-electron chi connectivity index (χ1n) is 6.41. The molecule has 1 aromatic carbocycles. The van der Waals surface area contributed by atoms with Crippen molar-refractivity contribution in [2.24, 2.45) is 0 Å². The Balaban J connectivity index is 2.38. The van der Waals surface area contributed by atoms with Gasteiger partial charge in [-0.05, 0) is 25.3 Å². The number of methoxy groups -OCH3 is 2. The predicted molar refractivity (Wildman–Crippen MR) is 71.8 cm³/mol. The fourth-order valence-electron chi connectivity index (χ4n) is 2.47. The Labute approximate surface area is 108 Å². The molecule has 1 aliphatic rings. The van der Waals surface area contributed by atoms with Crippen LogP contribution >= 0.6 is 0 Å². The summed E-state index contributed by atoms with van der Waals surface area (Å²) in [5, 5.41) is 9.08. The van der Waals surface area contributed by atoms with Gasteiger partial charge < -0.3 is 19.5 Å². The summed E-state index contributed by atoms with van der Waals surface area (Å²) in [5.74, 6) is 1.69. The molecule has 1 aliphatic heterocycles. The number of anilines is 1. The van der Waals surface area contributed by atoms with Gasteiger partial charge in [-0.2, -0.15) is 0 Å². The highest BCUT2D eigenvalue weighted by Crippen LogP contribution is 2.37. The second kappa shape index (κ2) is 5.96. The maximum atomic E-state index is 9.08. The van der Waals surface area contributed by atoms with Gasteiger partial charge in [-0.3, -0.25) is 0 Å². The average Bonchev–Trinajstić information content (AvgIpc) is 2.92. The third-order valence-corrected chi connectivity index (χ3v) is 3.41. The van der Waals surface area contributed by atoms with Crippen LogP contribution in [0.4, 0.5) is 5.69 Å². The van der Waals surface area contributed by atoms with E-state index in [9.17, 15) is 0 Å². The maximum Gasteiger partial charge on any atom is 0.142 e. The first-order chi connectivity index (χ1) is 8.80. The minimum Gasteiger partial charge on any atom is -0.496 e. The van der Waals surface area contributed by atoms with Crippen LogP contribution in [0, 0.1) is 0 Å². The normalized spacial score (nSPS) is 14.9. The Kier molecular flexibility index (Phi) is 4.31. The molecule has 2 rings (SSSR count). The van der Waals surface area contributed by atoms with Crippen LogP contribution in [0.5, 0.6) is 11.5 Å². The fraction of sp³-hybridized carbons (Fsp3) is 0.571. The monoisotopic (exact) mass is 251 g/mol. The van der Waals surface area contributed by atoms with Crippen LogP contribution in [0.25, 0.3) is 0 Å². The van der Waals surface area contributed by atoms with Crippen molar-refractivity contribution in [1.82, 2.24) is 0 Å². The summed E-state index contributed by atoms with van der Waals surface area (Å²) >= 11 is 0. The Hall–Kier alpha value is -1.42. The van der Waals surface area contributed by atoms with Gasteiger partial charge in [0.05, 0.1) is 19.9 Å². The van der Waals surface area contributed by atoms with Crippen molar-refractivity contribution in [2.75, 3.05) is 38.8 Å². The number of hydrogen-bond donors (Lipinski definition) is 1. The molecule has 4 heteroatoms. The van der Waals surface area contributed by atoms with Crippen molar-refractivity contribution in [3.63, 3.8) is 0 Å². The molecule has 0 radical (unpaired) electrons. The van der Waals surface area contributed by atoms with E-state index >= 15 is 0 Å². The van der Waals surface area contributed by atoms with E-state index in [1.54, 1.807) is 14.2 Å². The molecule has 1 aromatic rings. The minimum absolute atomic E-state index is 0.114. The summed E-state index contributed by atoms with van der Waals surface area (Å²) in [6, 6.07) is 4.00. The van der Waals surface area contributed by atoms with Crippen LogP contribution < -0.4 is 14.4 Å². The van der Waals surface area contributed by atoms with Gasteiger partial charge in [0.1, 0.15) is 11.5 Å². The van der Waals surface area contributed by atoms with E-state index in [0.717, 1.165) is 35.8 Å². The Morgan fingerprint density at radius 2 is 1.78 bits per heavy atom. The molecule has 0 saturated carbocycles. The SMILES string of the molecule is COc1cc(N2CCCC2)c(OC)cc1CCO. The smallest absolute Gasteiger partial charge is 0.142 e. The zero-order chi connectivity index (χ0) is 13.0. The van der Waals surface area contributed by atoms with E-state index in [-0.39, 0.29) is 6.61 Å². The molecule has 0 aliphatic carbocycles. The quantitative estimate of drug-likeness (QED) is 0.867. The Morgan fingerprint density at radius 1 is 1.11 bits per heavy atom. The molecule has 1 heterocycles. The van der Waals surface area contributed by atoms with Gasteiger partial charge in [0.15, 0.2) is 0 Å². The lowest BCUT2D eigenvalue weighted by molar-refractivity contribution is 0.296. The van der Waals surface area contributed by atoms with Gasteiger partial charge >= 0.3 is 0 Å². The second-order valence-electron chi connectivity index (χ2n) is 4.50. The van der Waals surface area contributed by atoms with Crippen molar-refractivity contribution in [3.05, 3.63) is 17.7 Å². The number of rotatable bonds is 5. The fourth-order valence-corrected chi connectivity index (χ4v) is 2.47. The van der Waals surface area contributed by atoms with Gasteiger partial charge in [0.25, 0.3) is 0 Å². The average molecular weight is 251 g/mol. The molecule has 0 spiro atoms. The molecule has 100 valence electrons. The highest BCUT2D eigenvalue weighted by Gasteiger charge is 2.19. The number of ether oxygens (including phenoxy) is 2. The minimum atomic E-state index is 0.114. The molecule has 0 amide bonds. The first kappa shape index (κ1) is 13.0. The highest BCUT2D eigenvalue weighted by molar-refractivity contribution is 5.64. The molecule has 0 unspecified atom stereocenters. The number of aliphatic hydroxyl groups is 1. The van der Waals surface area contributed by atoms with Gasteiger partial charge in [-0.25, -0.2) is 0 Å². The Morgan fingerprint density at radius 3 is 2.33 bits per heavy atom. The van der Waals surface area contributed by atoms with Crippen molar-refractivity contribution in [2.45, 2.75) is 19.3 Å². The van der Waals surface area contributed by atoms with Gasteiger partial charge in [0.2, 0.25) is 0 Å². The topological polar surface area (TPSA) is 41.9 Å². The van der Waals surface area contributed by atoms with Crippen molar-refractivity contribution in [3.8, 4) is 11.5 Å². The Bertz CT molecular complexity index is 400. The zero-order valence-electron chi connectivity index (χ0n) is 11.1. The molecule has 18 heavy (non-hydrogen) atoms. The summed E-state index contributed by atoms with van der Waals surface area (Å²) in [6.45, 7) is 2.25. The first-order valence-corrected chi connectivity index (χ1v) is 6.41. The standard InChI is InChI=1S/C14H21NO3/c1-17-13-10-12(15-6-3-4-7-15)14(18-2)9-11(13)5-8-16/h9-10,16H,3-8H2,1-2H3. The molecule has 1 fully saturated rings. The van der Waals surface area contributed by atoms with E-state index in [2.05, 4.69) is 4.90 Å². The van der Waals surface area contributed by atoms with Crippen molar-refractivity contribution >= 4 is 5.69 Å². The summed E-state index contributed by atoms with van der Waals surface area (Å²) in [5.41, 5.74) is 2.08. The van der Waals surface area contributed by atoms with E-state index in [4.69, 9.17) is 14.6 Å². The molecule has 0 atom stereocenters. The third kappa shape index (κ3) is 2.53. The lowest BCUT2D eigenvalue weighted by Gasteiger charge is -2.22. The molecular formula is C14H21NO3. The molecule has 0 aromatic heterocycles. The van der Waals surface area contributed by atoms with Crippen LogP contribution in [-0.4, -0.2) is 39.0 Å². The van der Waals surface area contributed by atoms with Crippen LogP contribution in [0.2, 0.25) is 0 Å². The van der Waals surface area contributed by atoms with Crippen LogP contribution in [-0.2, 0) is 6.42 Å². The van der Waals surface area contributed by atoms with E-state index < -0.39 is 0 Å². The van der Waals surface area contributed by atoms with Crippen molar-refractivity contribution < 1.29 is 14.6 Å². The summed E-state index contributed by atoms with van der Waals surface area (Å²) in [7, 11) is 3.35. The summed E-state index contributed by atoms with van der Waals surface area (Å²) in [4.78, 5) is 2.32. The summed E-state index contributed by atoms with van der Waals surface area (Å²) < 4.78 is 10.9. The molecule has 1 N–H and O–H groups in total. The second-order valence-corrected chi connectivity index (χ2v) is 4.50. The highest BCUT2D eigenvalue weighted by atomic mass is 16.5. The van der Waals surface area contributed by atoms with Gasteiger partial charge in [0, 0.05) is 31.3 Å². The van der Waals surface area contributed by atoms with Crippen molar-refractivity contribution in [1.29, 1.82) is 0 Å². The number of benzene rings is 1. The lowest BCUT2D eigenvalue weighted by atomic mass is 10.1.